The molecule has 5 heteroatoms. The average molecular weight is 750 g/mol. The lowest BCUT2D eigenvalue weighted by Crippen LogP contribution is -2.00. The van der Waals surface area contributed by atoms with E-state index in [1.54, 1.807) is 0 Å². The van der Waals surface area contributed by atoms with Crippen molar-refractivity contribution in [2.24, 2.45) is 0 Å². The van der Waals surface area contributed by atoms with Crippen LogP contribution in [0.2, 0.25) is 0 Å². The van der Waals surface area contributed by atoms with Crippen molar-refractivity contribution in [3.63, 3.8) is 0 Å². The number of hydrogen-bond acceptors (Lipinski definition) is 5. The van der Waals surface area contributed by atoms with Crippen LogP contribution in [0.5, 0.6) is 0 Å². The molecule has 0 aliphatic carbocycles. The fourth-order valence-corrected chi connectivity index (χ4v) is 10.1. The van der Waals surface area contributed by atoms with Crippen LogP contribution in [-0.4, -0.2) is 15.0 Å². The Morgan fingerprint density at radius 1 is 0.250 bits per heavy atom. The molecule has 0 saturated heterocycles. The molecule has 56 heavy (non-hydrogen) atoms. The minimum Gasteiger partial charge on any atom is -0.208 e. The van der Waals surface area contributed by atoms with E-state index in [2.05, 4.69) is 164 Å². The highest BCUT2D eigenvalue weighted by atomic mass is 32.1. The number of aromatic nitrogens is 3. The summed E-state index contributed by atoms with van der Waals surface area (Å²) in [6, 6.07) is 66.9. The highest BCUT2D eigenvalue weighted by Gasteiger charge is 2.16. The van der Waals surface area contributed by atoms with Crippen LogP contribution in [-0.2, 0) is 0 Å². The first-order valence-electron chi connectivity index (χ1n) is 18.7. The van der Waals surface area contributed by atoms with Gasteiger partial charge in [0.2, 0.25) is 0 Å². The smallest absolute Gasteiger partial charge is 0.164 e. The minimum absolute atomic E-state index is 0.651. The topological polar surface area (TPSA) is 38.7 Å². The molecule has 0 fully saturated rings. The van der Waals surface area contributed by atoms with E-state index in [1.165, 1.54) is 62.6 Å². The number of thiophene rings is 2. The summed E-state index contributed by atoms with van der Waals surface area (Å²) in [5, 5.41) is 5.13. The molecular weight excluding hydrogens is 719 g/mol. The summed E-state index contributed by atoms with van der Waals surface area (Å²) in [6.45, 7) is 0. The Balaban J connectivity index is 0.991. The zero-order valence-electron chi connectivity index (χ0n) is 30.1. The van der Waals surface area contributed by atoms with Gasteiger partial charge in [-0.2, -0.15) is 0 Å². The summed E-state index contributed by atoms with van der Waals surface area (Å²) in [5.74, 6) is 1.96. The van der Waals surface area contributed by atoms with Crippen LogP contribution in [0.1, 0.15) is 0 Å². The second kappa shape index (κ2) is 13.5. The third-order valence-corrected chi connectivity index (χ3v) is 12.8. The standard InChI is InChI=1S/C51H31N3S2/c1-3-12-32(13-4-1)34-16-11-17-37(28-34)50-52-49(33-14-5-2-6-15-33)53-51(54-50)38-24-27-44-43-26-23-36(30-47(43)56-48(44)31-38)40-19-8-7-18-39(40)35-22-25-42-41-20-9-10-21-45(41)55-46(42)29-35/h1-31H. The maximum Gasteiger partial charge on any atom is 0.164 e. The van der Waals surface area contributed by atoms with Gasteiger partial charge < -0.3 is 0 Å². The molecule has 0 bridgehead atoms. The van der Waals surface area contributed by atoms with Gasteiger partial charge in [-0.15, -0.1) is 22.7 Å². The summed E-state index contributed by atoms with van der Waals surface area (Å²) in [6.07, 6.45) is 0. The second-order valence-electron chi connectivity index (χ2n) is 14.0. The highest BCUT2D eigenvalue weighted by Crippen LogP contribution is 2.42. The van der Waals surface area contributed by atoms with Crippen LogP contribution in [0, 0.1) is 0 Å². The van der Waals surface area contributed by atoms with E-state index in [4.69, 9.17) is 15.0 Å². The summed E-state index contributed by atoms with van der Waals surface area (Å²) in [4.78, 5) is 15.2. The average Bonchev–Trinajstić information content (AvgIpc) is 3.84. The van der Waals surface area contributed by atoms with Crippen molar-refractivity contribution in [2.45, 2.75) is 0 Å². The fraction of sp³-hybridized carbons (Fsp3) is 0. The van der Waals surface area contributed by atoms with Crippen molar-refractivity contribution >= 4 is 63.0 Å². The SMILES string of the molecule is c1ccc(-c2cccc(-c3nc(-c4ccccc4)nc(-c4ccc5c(c4)sc4cc(-c6ccccc6-c6ccc7c(c6)sc6ccccc67)ccc45)n3)c2)cc1. The Labute approximate surface area is 331 Å². The Hall–Kier alpha value is -6.79. The van der Waals surface area contributed by atoms with Gasteiger partial charge in [0, 0.05) is 57.0 Å². The predicted octanol–water partition coefficient (Wildman–Crippen LogP) is 14.6. The summed E-state index contributed by atoms with van der Waals surface area (Å²) in [7, 11) is 0. The van der Waals surface area contributed by atoms with Crippen molar-refractivity contribution in [2.75, 3.05) is 0 Å². The van der Waals surface area contributed by atoms with Gasteiger partial charge in [-0.25, -0.2) is 15.0 Å². The van der Waals surface area contributed by atoms with Crippen LogP contribution < -0.4 is 0 Å². The monoisotopic (exact) mass is 749 g/mol. The van der Waals surface area contributed by atoms with Gasteiger partial charge in [0.25, 0.3) is 0 Å². The molecule has 0 atom stereocenters. The molecule has 0 aliphatic rings. The number of fused-ring (bicyclic) bond motifs is 6. The van der Waals surface area contributed by atoms with Crippen LogP contribution in [0.15, 0.2) is 188 Å². The maximum absolute atomic E-state index is 5.10. The van der Waals surface area contributed by atoms with Crippen LogP contribution in [0.25, 0.3) is 108 Å². The third-order valence-electron chi connectivity index (χ3n) is 10.6. The largest absolute Gasteiger partial charge is 0.208 e. The minimum atomic E-state index is 0.651. The lowest BCUT2D eigenvalue weighted by Gasteiger charge is -2.11. The lowest BCUT2D eigenvalue weighted by atomic mass is 9.93. The first-order chi connectivity index (χ1) is 27.7. The quantitative estimate of drug-likeness (QED) is 0.170. The van der Waals surface area contributed by atoms with Gasteiger partial charge in [-0.1, -0.05) is 158 Å². The Morgan fingerprint density at radius 3 is 1.29 bits per heavy atom. The van der Waals surface area contributed by atoms with E-state index in [0.717, 1.165) is 27.8 Å². The summed E-state index contributed by atoms with van der Waals surface area (Å²) in [5.41, 5.74) is 10.1. The molecule has 3 heterocycles. The van der Waals surface area contributed by atoms with Gasteiger partial charge in [0.15, 0.2) is 17.5 Å². The Kier molecular flexibility index (Phi) is 7.87. The van der Waals surface area contributed by atoms with Crippen molar-refractivity contribution in [1.82, 2.24) is 15.0 Å². The molecule has 0 radical (unpaired) electrons. The molecule has 3 nitrogen and oxygen atoms in total. The van der Waals surface area contributed by atoms with Crippen LogP contribution in [0.4, 0.5) is 0 Å². The number of rotatable bonds is 6. The molecule has 0 saturated carbocycles. The molecule has 0 spiro atoms. The zero-order valence-corrected chi connectivity index (χ0v) is 31.7. The predicted molar refractivity (Wildman–Crippen MR) is 238 cm³/mol. The van der Waals surface area contributed by atoms with Gasteiger partial charge >= 0.3 is 0 Å². The van der Waals surface area contributed by atoms with E-state index >= 15 is 0 Å². The Bertz CT molecular complexity index is 3250. The second-order valence-corrected chi connectivity index (χ2v) is 16.2. The molecule has 11 aromatic rings. The van der Waals surface area contributed by atoms with Gasteiger partial charge in [0.05, 0.1) is 0 Å². The first-order valence-corrected chi connectivity index (χ1v) is 20.3. The molecule has 0 unspecified atom stereocenters. The van der Waals surface area contributed by atoms with Crippen molar-refractivity contribution in [3.8, 4) is 67.5 Å². The van der Waals surface area contributed by atoms with Crippen LogP contribution in [0.3, 0.4) is 0 Å². The zero-order chi connectivity index (χ0) is 37.0. The molecule has 11 rings (SSSR count). The Morgan fingerprint density at radius 2 is 0.661 bits per heavy atom. The van der Waals surface area contributed by atoms with Gasteiger partial charge in [0.1, 0.15) is 0 Å². The normalized spacial score (nSPS) is 11.6. The molecule has 8 aromatic carbocycles. The summed E-state index contributed by atoms with van der Waals surface area (Å²) < 4.78 is 5.10. The molecule has 3 aromatic heterocycles. The highest BCUT2D eigenvalue weighted by molar-refractivity contribution is 7.26. The lowest BCUT2D eigenvalue weighted by molar-refractivity contribution is 1.07. The molecule has 0 N–H and O–H groups in total. The molecule has 0 aliphatic heterocycles. The number of benzene rings is 8. The van der Waals surface area contributed by atoms with Gasteiger partial charge in [-0.05, 0) is 63.7 Å². The molecular formula is C51H31N3S2. The third kappa shape index (κ3) is 5.77. The first kappa shape index (κ1) is 32.6. The maximum atomic E-state index is 5.10. The fourth-order valence-electron chi connectivity index (χ4n) is 7.78. The molecule has 0 amide bonds. The van der Waals surface area contributed by atoms with Crippen molar-refractivity contribution < 1.29 is 0 Å². The molecule has 262 valence electrons. The van der Waals surface area contributed by atoms with Crippen LogP contribution >= 0.6 is 22.7 Å². The van der Waals surface area contributed by atoms with E-state index in [-0.39, 0.29) is 0 Å². The van der Waals surface area contributed by atoms with E-state index in [0.29, 0.717) is 17.5 Å². The van der Waals surface area contributed by atoms with E-state index in [1.807, 2.05) is 46.9 Å². The number of nitrogens with zero attached hydrogens (tertiary/aromatic N) is 3. The van der Waals surface area contributed by atoms with Crippen molar-refractivity contribution in [1.29, 1.82) is 0 Å². The van der Waals surface area contributed by atoms with Gasteiger partial charge in [-0.3, -0.25) is 0 Å². The van der Waals surface area contributed by atoms with E-state index in [9.17, 15) is 0 Å². The van der Waals surface area contributed by atoms with Crippen molar-refractivity contribution in [3.05, 3.63) is 188 Å². The van der Waals surface area contributed by atoms with E-state index < -0.39 is 0 Å². The number of hydrogen-bond donors (Lipinski definition) is 0. The summed E-state index contributed by atoms with van der Waals surface area (Å²) >= 11 is 3.68.